The second-order valence-electron chi connectivity index (χ2n) is 5.00. The number of hydrogen-bond acceptors (Lipinski definition) is 2. The fourth-order valence-corrected chi connectivity index (χ4v) is 2.46. The Bertz CT molecular complexity index is 780. The van der Waals surface area contributed by atoms with Gasteiger partial charge in [0, 0.05) is 29.9 Å². The Labute approximate surface area is 122 Å². The van der Waals surface area contributed by atoms with Crippen LogP contribution in [0.2, 0.25) is 0 Å². The Morgan fingerprint density at radius 3 is 2.71 bits per heavy atom. The smallest absolute Gasteiger partial charge is 0.131 e. The second-order valence-corrected chi connectivity index (χ2v) is 5.00. The molecule has 2 aromatic carbocycles. The lowest BCUT2D eigenvalue weighted by molar-refractivity contribution is 0.410. The fourth-order valence-electron chi connectivity index (χ4n) is 2.46. The molecule has 0 radical (unpaired) electrons. The minimum Gasteiger partial charge on any atom is -0.497 e. The van der Waals surface area contributed by atoms with Crippen molar-refractivity contribution in [3.8, 4) is 5.75 Å². The molecule has 0 amide bonds. The quantitative estimate of drug-likeness (QED) is 0.798. The van der Waals surface area contributed by atoms with Crippen LogP contribution in [0.3, 0.4) is 0 Å². The Hall–Kier alpha value is -2.33. The summed E-state index contributed by atoms with van der Waals surface area (Å²) in [5.74, 6) is 0.269. The molecule has 3 aromatic rings. The zero-order valence-electron chi connectivity index (χ0n) is 11.8. The third kappa shape index (κ3) is 2.62. The summed E-state index contributed by atoms with van der Waals surface area (Å²) in [4.78, 5) is 0. The number of methoxy groups -OCH3 is 1. The molecule has 0 atom stereocenters. The van der Waals surface area contributed by atoms with E-state index in [0.717, 1.165) is 16.5 Å². The largest absolute Gasteiger partial charge is 0.497 e. The van der Waals surface area contributed by atoms with Gasteiger partial charge in [-0.25, -0.2) is 4.39 Å². The number of nitrogens with zero attached hydrogens (tertiary/aromatic N) is 1. The first-order chi connectivity index (χ1) is 10.2. The maximum absolute atomic E-state index is 14.1. The van der Waals surface area contributed by atoms with E-state index in [2.05, 4.69) is 6.07 Å². The normalized spacial score (nSPS) is 11.0. The first-order valence-electron chi connectivity index (χ1n) is 6.81. The zero-order valence-corrected chi connectivity index (χ0v) is 11.8. The highest BCUT2D eigenvalue weighted by Crippen LogP contribution is 2.21. The summed E-state index contributed by atoms with van der Waals surface area (Å²) in [7, 11) is 1.53. The van der Waals surface area contributed by atoms with Crippen LogP contribution >= 0.6 is 0 Å². The molecule has 0 unspecified atom stereocenters. The SMILES string of the molecule is COc1ccc(Cn2ccc3ccc(CN)cc32)c(F)c1. The van der Waals surface area contributed by atoms with Crippen molar-refractivity contribution < 1.29 is 9.13 Å². The van der Waals surface area contributed by atoms with E-state index >= 15 is 0 Å². The molecule has 3 rings (SSSR count). The molecule has 0 aliphatic heterocycles. The summed E-state index contributed by atoms with van der Waals surface area (Å²) in [5.41, 5.74) is 8.45. The lowest BCUT2D eigenvalue weighted by Crippen LogP contribution is -2.02. The summed E-state index contributed by atoms with van der Waals surface area (Å²) < 4.78 is 21.1. The Morgan fingerprint density at radius 1 is 1.14 bits per heavy atom. The van der Waals surface area contributed by atoms with Gasteiger partial charge in [-0.3, -0.25) is 0 Å². The van der Waals surface area contributed by atoms with Crippen molar-refractivity contribution >= 4 is 10.9 Å². The van der Waals surface area contributed by atoms with Gasteiger partial charge in [0.05, 0.1) is 13.7 Å². The highest BCUT2D eigenvalue weighted by molar-refractivity contribution is 5.81. The number of nitrogens with two attached hydrogens (primary N) is 1. The number of hydrogen-bond donors (Lipinski definition) is 1. The van der Waals surface area contributed by atoms with Gasteiger partial charge in [0.2, 0.25) is 0 Å². The molecule has 0 spiro atoms. The van der Waals surface area contributed by atoms with Crippen molar-refractivity contribution in [2.24, 2.45) is 5.73 Å². The van der Waals surface area contributed by atoms with E-state index in [1.54, 1.807) is 12.1 Å². The minimum atomic E-state index is -0.258. The van der Waals surface area contributed by atoms with E-state index < -0.39 is 0 Å². The van der Waals surface area contributed by atoms with Crippen LogP contribution in [0.5, 0.6) is 5.75 Å². The molecule has 0 saturated carbocycles. The topological polar surface area (TPSA) is 40.2 Å². The number of benzene rings is 2. The van der Waals surface area contributed by atoms with Crippen LogP contribution in [0.4, 0.5) is 4.39 Å². The van der Waals surface area contributed by atoms with Gasteiger partial charge in [0.25, 0.3) is 0 Å². The molecule has 0 aliphatic carbocycles. The molecule has 0 fully saturated rings. The third-order valence-electron chi connectivity index (χ3n) is 3.67. The van der Waals surface area contributed by atoms with Crippen LogP contribution in [0.1, 0.15) is 11.1 Å². The zero-order chi connectivity index (χ0) is 14.8. The molecule has 108 valence electrons. The van der Waals surface area contributed by atoms with Crippen molar-refractivity contribution in [3.05, 3.63) is 65.6 Å². The van der Waals surface area contributed by atoms with E-state index in [9.17, 15) is 4.39 Å². The molecular formula is C17H17FN2O. The van der Waals surface area contributed by atoms with E-state index in [4.69, 9.17) is 10.5 Å². The molecule has 3 nitrogen and oxygen atoms in total. The molecule has 0 saturated heterocycles. The number of ether oxygens (including phenoxy) is 1. The summed E-state index contributed by atoms with van der Waals surface area (Å²) in [6.07, 6.45) is 1.97. The van der Waals surface area contributed by atoms with E-state index in [-0.39, 0.29) is 5.82 Å². The Kier molecular flexibility index (Phi) is 3.62. The van der Waals surface area contributed by atoms with Crippen molar-refractivity contribution in [1.29, 1.82) is 0 Å². The molecular weight excluding hydrogens is 267 g/mol. The van der Waals surface area contributed by atoms with Crippen molar-refractivity contribution in [2.75, 3.05) is 7.11 Å². The number of aromatic nitrogens is 1. The van der Waals surface area contributed by atoms with Crippen molar-refractivity contribution in [1.82, 2.24) is 4.57 Å². The monoisotopic (exact) mass is 284 g/mol. The first kappa shape index (κ1) is 13.6. The van der Waals surface area contributed by atoms with Gasteiger partial charge >= 0.3 is 0 Å². The van der Waals surface area contributed by atoms with E-state index in [0.29, 0.717) is 24.4 Å². The summed E-state index contributed by atoms with van der Waals surface area (Å²) in [6.45, 7) is 0.978. The highest BCUT2D eigenvalue weighted by atomic mass is 19.1. The number of fused-ring (bicyclic) bond motifs is 1. The van der Waals surface area contributed by atoms with Crippen LogP contribution in [-0.2, 0) is 13.1 Å². The van der Waals surface area contributed by atoms with Crippen LogP contribution in [-0.4, -0.2) is 11.7 Å². The summed E-state index contributed by atoms with van der Waals surface area (Å²) >= 11 is 0. The van der Waals surface area contributed by atoms with Crippen LogP contribution in [0, 0.1) is 5.82 Å². The predicted molar refractivity (Wildman–Crippen MR) is 81.9 cm³/mol. The lowest BCUT2D eigenvalue weighted by atomic mass is 10.1. The van der Waals surface area contributed by atoms with Crippen LogP contribution < -0.4 is 10.5 Å². The maximum Gasteiger partial charge on any atom is 0.131 e. The molecule has 21 heavy (non-hydrogen) atoms. The van der Waals surface area contributed by atoms with Gasteiger partial charge < -0.3 is 15.0 Å². The third-order valence-corrected chi connectivity index (χ3v) is 3.67. The molecule has 2 N–H and O–H groups in total. The predicted octanol–water partition coefficient (Wildman–Crippen LogP) is 3.30. The minimum absolute atomic E-state index is 0.258. The van der Waals surface area contributed by atoms with Gasteiger partial charge in [0.15, 0.2) is 0 Å². The molecule has 0 bridgehead atoms. The van der Waals surface area contributed by atoms with Gasteiger partial charge in [-0.15, -0.1) is 0 Å². The van der Waals surface area contributed by atoms with Gasteiger partial charge in [0.1, 0.15) is 11.6 Å². The number of halogens is 1. The average Bonchev–Trinajstić information content (AvgIpc) is 2.91. The van der Waals surface area contributed by atoms with E-state index in [1.807, 2.05) is 29.0 Å². The summed E-state index contributed by atoms with van der Waals surface area (Å²) in [6, 6.07) is 13.1. The highest BCUT2D eigenvalue weighted by Gasteiger charge is 2.07. The lowest BCUT2D eigenvalue weighted by Gasteiger charge is -2.09. The maximum atomic E-state index is 14.1. The van der Waals surface area contributed by atoms with Gasteiger partial charge in [-0.2, -0.15) is 0 Å². The van der Waals surface area contributed by atoms with Crippen LogP contribution in [0.25, 0.3) is 10.9 Å². The van der Waals surface area contributed by atoms with Crippen molar-refractivity contribution in [3.63, 3.8) is 0 Å². The van der Waals surface area contributed by atoms with Gasteiger partial charge in [-0.1, -0.05) is 18.2 Å². The van der Waals surface area contributed by atoms with Crippen molar-refractivity contribution in [2.45, 2.75) is 13.1 Å². The standard InChI is InChI=1S/C17H17FN2O/c1-21-15-5-4-14(16(18)9-15)11-20-7-6-13-3-2-12(10-19)8-17(13)20/h2-9H,10-11,19H2,1H3. The van der Waals surface area contributed by atoms with E-state index in [1.165, 1.54) is 13.2 Å². The first-order valence-corrected chi connectivity index (χ1v) is 6.81. The molecule has 1 aromatic heterocycles. The Balaban J connectivity index is 1.98. The van der Waals surface area contributed by atoms with Gasteiger partial charge in [-0.05, 0) is 29.1 Å². The number of rotatable bonds is 4. The van der Waals surface area contributed by atoms with Crippen LogP contribution in [0.15, 0.2) is 48.7 Å². The molecule has 1 heterocycles. The second kappa shape index (κ2) is 5.58. The molecule has 4 heteroatoms. The molecule has 0 aliphatic rings. The summed E-state index contributed by atoms with van der Waals surface area (Å²) in [5, 5.41) is 1.13. The average molecular weight is 284 g/mol. The Morgan fingerprint density at radius 2 is 2.00 bits per heavy atom. The fraction of sp³-hybridized carbons (Fsp3) is 0.176.